The zero-order valence-corrected chi connectivity index (χ0v) is 25.9. The second-order valence-electron chi connectivity index (χ2n) is 10.5. The molecule has 39 heavy (non-hydrogen) atoms. The number of amides is 1. The smallest absolute Gasteiger partial charge is 0.226 e. The lowest BCUT2D eigenvalue weighted by Crippen LogP contribution is -2.59. The van der Waals surface area contributed by atoms with Gasteiger partial charge in [-0.1, -0.05) is 48.5 Å². The summed E-state index contributed by atoms with van der Waals surface area (Å²) in [4.78, 5) is 48.0. The van der Waals surface area contributed by atoms with Gasteiger partial charge in [0, 0.05) is 31.6 Å². The third-order valence-corrected chi connectivity index (χ3v) is 5.41. The van der Waals surface area contributed by atoms with Crippen LogP contribution >= 0.6 is 0 Å². The lowest BCUT2D eigenvalue weighted by molar-refractivity contribution is -0.201. The molecule has 1 amide bonds. The molecule has 0 aliphatic carbocycles. The molecule has 0 aliphatic heterocycles. The van der Waals surface area contributed by atoms with Crippen LogP contribution in [0.15, 0.2) is 0 Å². The molecule has 0 aliphatic rings. The van der Waals surface area contributed by atoms with Gasteiger partial charge in [0.15, 0.2) is 5.79 Å². The highest BCUT2D eigenvalue weighted by atomic mass is 16.6. The first-order chi connectivity index (χ1) is 18.2. The fourth-order valence-corrected chi connectivity index (χ4v) is 3.11. The van der Waals surface area contributed by atoms with Crippen molar-refractivity contribution in [3.05, 3.63) is 0 Å². The summed E-state index contributed by atoms with van der Waals surface area (Å²) in [5.74, 6) is -2.08. The van der Waals surface area contributed by atoms with Crippen LogP contribution in [0.3, 0.4) is 0 Å². The molecule has 0 aromatic carbocycles. The fourth-order valence-electron chi connectivity index (χ4n) is 3.11. The Morgan fingerprint density at radius 2 is 1.33 bits per heavy atom. The maximum Gasteiger partial charge on any atom is 0.226 e. The maximum atomic E-state index is 13.0. The summed E-state index contributed by atoms with van der Waals surface area (Å²) < 4.78 is 22.7. The lowest BCUT2D eigenvalue weighted by Gasteiger charge is -2.35. The molecule has 0 rings (SSSR count). The molecule has 0 fully saturated rings. The van der Waals surface area contributed by atoms with Gasteiger partial charge in [0.1, 0.15) is 22.9 Å². The highest BCUT2D eigenvalue weighted by Gasteiger charge is 2.36. The van der Waals surface area contributed by atoms with Gasteiger partial charge in [0.05, 0.1) is 52.7 Å². The summed E-state index contributed by atoms with van der Waals surface area (Å²) in [6.07, 6.45) is 0.716. The number of nitrogens with one attached hydrogen (secondary N) is 1. The Bertz CT molecular complexity index is 707. The second-order valence-corrected chi connectivity index (χ2v) is 10.5. The predicted molar refractivity (Wildman–Crippen MR) is 150 cm³/mol. The molecule has 0 aromatic heterocycles. The van der Waals surface area contributed by atoms with Gasteiger partial charge >= 0.3 is 0 Å². The van der Waals surface area contributed by atoms with E-state index in [1.807, 2.05) is 41.5 Å². The molecule has 0 saturated carbocycles. The van der Waals surface area contributed by atoms with E-state index >= 15 is 0 Å². The zero-order valence-electron chi connectivity index (χ0n) is 25.9. The predicted octanol–water partition coefficient (Wildman–Crippen LogP) is 3.65. The van der Waals surface area contributed by atoms with Gasteiger partial charge in [-0.3, -0.25) is 19.2 Å². The standard InChI is InChI=1S/C27H49NO9.C2H6/c1-8-23(30)10-13-35-18-27(17-34-12-9-22(6)29,19-36-14-11-24(31)21(4)5)28-25(32)15-26(7,33)37-16-20(2)3;1-2/h20-21,33H,8-19H2,1-7H3,(H,28,32);1-2H3. The van der Waals surface area contributed by atoms with E-state index in [-0.39, 0.29) is 101 Å². The van der Waals surface area contributed by atoms with Crippen molar-refractivity contribution in [2.45, 2.75) is 106 Å². The molecule has 0 spiro atoms. The third-order valence-electron chi connectivity index (χ3n) is 5.41. The summed E-state index contributed by atoms with van der Waals surface area (Å²) in [5, 5.41) is 13.4. The highest BCUT2D eigenvalue weighted by Crippen LogP contribution is 2.16. The minimum atomic E-state index is -1.69. The second kappa shape index (κ2) is 22.0. The van der Waals surface area contributed by atoms with Crippen molar-refractivity contribution in [2.75, 3.05) is 46.2 Å². The number of Topliss-reactive ketones (excluding diaryl/α,β-unsaturated/α-hetero) is 3. The Kier molecular flexibility index (Phi) is 22.3. The van der Waals surface area contributed by atoms with Gasteiger partial charge in [0.2, 0.25) is 5.91 Å². The van der Waals surface area contributed by atoms with Gasteiger partial charge in [-0.15, -0.1) is 0 Å². The molecule has 2 atom stereocenters. The van der Waals surface area contributed by atoms with Crippen molar-refractivity contribution in [1.82, 2.24) is 5.32 Å². The van der Waals surface area contributed by atoms with Crippen molar-refractivity contribution in [1.29, 1.82) is 0 Å². The Balaban J connectivity index is 0. The highest BCUT2D eigenvalue weighted by molar-refractivity contribution is 5.80. The van der Waals surface area contributed by atoms with Gasteiger partial charge in [-0.2, -0.15) is 0 Å². The molecule has 10 heteroatoms. The van der Waals surface area contributed by atoms with Gasteiger partial charge in [-0.05, 0) is 19.8 Å². The maximum absolute atomic E-state index is 13.0. The van der Waals surface area contributed by atoms with Crippen LogP contribution in [0.1, 0.15) is 94.4 Å². The van der Waals surface area contributed by atoms with Crippen LogP contribution in [0.25, 0.3) is 0 Å². The quantitative estimate of drug-likeness (QED) is 0.141. The average molecular weight is 562 g/mol. The molecule has 0 radical (unpaired) electrons. The van der Waals surface area contributed by atoms with Gasteiger partial charge in [0.25, 0.3) is 0 Å². The monoisotopic (exact) mass is 561 g/mol. The minimum Gasteiger partial charge on any atom is -0.378 e. The number of aliphatic hydroxyl groups is 1. The topological polar surface area (TPSA) is 137 Å². The summed E-state index contributed by atoms with van der Waals surface area (Å²) in [6.45, 7) is 16.7. The average Bonchev–Trinajstić information content (AvgIpc) is 2.86. The Labute approximate surface area is 235 Å². The SMILES string of the molecule is CC.CCC(=O)CCOCC(COCCC(C)=O)(COCCC(=O)C(C)C)NC(=O)CC(C)(O)OCC(C)C. The van der Waals surface area contributed by atoms with Crippen molar-refractivity contribution in [3.63, 3.8) is 0 Å². The van der Waals surface area contributed by atoms with Gasteiger partial charge < -0.3 is 29.4 Å². The van der Waals surface area contributed by atoms with E-state index in [9.17, 15) is 24.3 Å². The Morgan fingerprint density at radius 1 is 0.846 bits per heavy atom. The van der Waals surface area contributed by atoms with Crippen molar-refractivity contribution in [3.8, 4) is 0 Å². The number of hydrogen-bond acceptors (Lipinski definition) is 9. The third kappa shape index (κ3) is 21.7. The van der Waals surface area contributed by atoms with E-state index in [0.717, 1.165) is 0 Å². The van der Waals surface area contributed by atoms with Crippen molar-refractivity contribution in [2.24, 2.45) is 11.8 Å². The molecule has 0 bridgehead atoms. The summed E-state index contributed by atoms with van der Waals surface area (Å²) in [7, 11) is 0. The van der Waals surface area contributed by atoms with E-state index in [4.69, 9.17) is 18.9 Å². The molecule has 0 heterocycles. The van der Waals surface area contributed by atoms with E-state index in [1.54, 1.807) is 6.92 Å². The van der Waals surface area contributed by atoms with Crippen LogP contribution in [0.5, 0.6) is 0 Å². The number of carbonyl (C=O) groups excluding carboxylic acids is 4. The van der Waals surface area contributed by atoms with Crippen LogP contribution in [0, 0.1) is 11.8 Å². The molecule has 230 valence electrons. The first kappa shape index (κ1) is 39.4. The van der Waals surface area contributed by atoms with Crippen molar-refractivity contribution < 1.29 is 43.2 Å². The van der Waals surface area contributed by atoms with Crippen LogP contribution in [0.2, 0.25) is 0 Å². The summed E-state index contributed by atoms with van der Waals surface area (Å²) >= 11 is 0. The van der Waals surface area contributed by atoms with Crippen LogP contribution in [-0.4, -0.2) is 85.9 Å². The summed E-state index contributed by atoms with van der Waals surface area (Å²) in [5.41, 5.74) is -1.18. The molecule has 0 aromatic rings. The van der Waals surface area contributed by atoms with Crippen LogP contribution < -0.4 is 5.32 Å². The van der Waals surface area contributed by atoms with E-state index < -0.39 is 17.2 Å². The normalized spacial score (nSPS) is 14.3. The number of rotatable bonds is 23. The molecule has 2 N–H and O–H groups in total. The summed E-state index contributed by atoms with van der Waals surface area (Å²) in [6, 6.07) is 0. The van der Waals surface area contributed by atoms with Crippen LogP contribution in [0.4, 0.5) is 0 Å². The largest absolute Gasteiger partial charge is 0.378 e. The molecule has 0 saturated heterocycles. The fraction of sp³-hybridized carbons (Fsp3) is 0.862. The van der Waals surface area contributed by atoms with Crippen LogP contribution in [-0.2, 0) is 38.1 Å². The molecule has 2 unspecified atom stereocenters. The lowest BCUT2D eigenvalue weighted by atomic mass is 10.0. The first-order valence-corrected chi connectivity index (χ1v) is 14.2. The number of carbonyl (C=O) groups is 4. The van der Waals surface area contributed by atoms with E-state index in [2.05, 4.69) is 5.32 Å². The first-order valence-electron chi connectivity index (χ1n) is 14.2. The van der Waals surface area contributed by atoms with Gasteiger partial charge in [-0.25, -0.2) is 0 Å². The number of hydrogen-bond donors (Lipinski definition) is 2. The Morgan fingerprint density at radius 3 is 1.77 bits per heavy atom. The zero-order chi connectivity index (χ0) is 30.5. The molecule has 10 nitrogen and oxygen atoms in total. The number of ether oxygens (including phenoxy) is 4. The van der Waals surface area contributed by atoms with E-state index in [1.165, 1.54) is 13.8 Å². The molecular weight excluding hydrogens is 506 g/mol. The number of ketones is 3. The minimum absolute atomic E-state index is 0.0363. The van der Waals surface area contributed by atoms with Crippen molar-refractivity contribution >= 4 is 23.3 Å². The molecular formula is C29H55NO9. The van der Waals surface area contributed by atoms with E-state index in [0.29, 0.717) is 6.42 Å². The Hall–Kier alpha value is -1.72.